The summed E-state index contributed by atoms with van der Waals surface area (Å²) in [6.45, 7) is 12.2. The van der Waals surface area contributed by atoms with Crippen LogP contribution in [-0.4, -0.2) is 45.4 Å². The molecule has 0 aliphatic heterocycles. The highest BCUT2D eigenvalue weighted by Gasteiger charge is 2.39. The van der Waals surface area contributed by atoms with Crippen molar-refractivity contribution in [1.82, 2.24) is 19.9 Å². The summed E-state index contributed by atoms with van der Waals surface area (Å²) < 4.78 is 39.9. The first-order valence-electron chi connectivity index (χ1n) is 11.0. The van der Waals surface area contributed by atoms with Gasteiger partial charge in [0, 0.05) is 25.0 Å². The molecule has 1 saturated carbocycles. The Balaban J connectivity index is 1.87. The van der Waals surface area contributed by atoms with E-state index < -0.39 is 23.7 Å². The molecule has 2 aromatic rings. The zero-order valence-electron chi connectivity index (χ0n) is 19.2. The van der Waals surface area contributed by atoms with E-state index in [0.29, 0.717) is 24.6 Å². The highest BCUT2D eigenvalue weighted by molar-refractivity contribution is 5.69. The minimum Gasteiger partial charge on any atom is -0.444 e. The molecule has 32 heavy (non-hydrogen) atoms. The molecule has 1 aliphatic carbocycles. The lowest BCUT2D eigenvalue weighted by atomic mass is 9.81. The molecular weight excluding hydrogens is 418 g/mol. The van der Waals surface area contributed by atoms with E-state index >= 15 is 0 Å². The van der Waals surface area contributed by atoms with E-state index in [4.69, 9.17) is 9.47 Å². The van der Waals surface area contributed by atoms with Gasteiger partial charge in [-0.3, -0.25) is 0 Å². The second-order valence-corrected chi connectivity index (χ2v) is 9.27. The molecule has 1 N–H and O–H groups in total. The van der Waals surface area contributed by atoms with Crippen LogP contribution in [0.3, 0.4) is 0 Å². The minimum atomic E-state index is -2.66. The van der Waals surface area contributed by atoms with Crippen molar-refractivity contribution < 1.29 is 23.0 Å². The molecule has 1 amide bonds. The van der Waals surface area contributed by atoms with Crippen LogP contribution in [0, 0.1) is 5.92 Å². The monoisotopic (exact) mass is 450 g/mol. The standard InChI is InChI=1S/C23H32F2N4O3/c1-6-31-14-15(2)17-11-19-27-18(13-29(19)26-12-17)20(28-21(30)32-22(3,4)5)16-7-9-23(24,25)10-8-16/h11-13,16,20H,2,6-10,14H2,1,3-5H3,(H,28,30)/t20-/m0/s1. The number of fused-ring (bicyclic) bond motifs is 1. The smallest absolute Gasteiger partial charge is 0.408 e. The number of imidazole rings is 1. The minimum absolute atomic E-state index is 0.181. The first-order valence-corrected chi connectivity index (χ1v) is 11.0. The van der Waals surface area contributed by atoms with Gasteiger partial charge in [0.1, 0.15) is 5.60 Å². The SMILES string of the molecule is C=C(COCC)c1cnn2cc([C@@H](NC(=O)OC(C)(C)C)C3CCC(F)(F)CC3)nc2c1. The van der Waals surface area contributed by atoms with Crippen LogP contribution in [-0.2, 0) is 9.47 Å². The number of ether oxygens (including phenoxy) is 2. The number of nitrogens with one attached hydrogen (secondary N) is 1. The molecule has 1 aliphatic rings. The van der Waals surface area contributed by atoms with Crippen LogP contribution in [0.15, 0.2) is 25.0 Å². The summed E-state index contributed by atoms with van der Waals surface area (Å²) >= 11 is 0. The number of rotatable bonds is 7. The van der Waals surface area contributed by atoms with Crippen molar-refractivity contribution in [1.29, 1.82) is 0 Å². The first-order chi connectivity index (χ1) is 15.0. The second kappa shape index (κ2) is 9.52. The molecule has 9 heteroatoms. The van der Waals surface area contributed by atoms with Crippen LogP contribution >= 0.6 is 0 Å². The maximum atomic E-state index is 13.7. The number of alkyl carbamates (subject to hydrolysis) is 1. The molecule has 2 aromatic heterocycles. The Hall–Kier alpha value is -2.55. The molecule has 176 valence electrons. The van der Waals surface area contributed by atoms with Crippen molar-refractivity contribution in [2.45, 2.75) is 70.9 Å². The Morgan fingerprint density at radius 3 is 2.69 bits per heavy atom. The Labute approximate surface area is 187 Å². The molecule has 7 nitrogen and oxygen atoms in total. The van der Waals surface area contributed by atoms with Gasteiger partial charge in [0.15, 0.2) is 5.65 Å². The number of nitrogens with zero attached hydrogens (tertiary/aromatic N) is 3. The third kappa shape index (κ3) is 6.25. The molecule has 0 spiro atoms. The van der Waals surface area contributed by atoms with Crippen molar-refractivity contribution in [3.63, 3.8) is 0 Å². The van der Waals surface area contributed by atoms with Crippen LogP contribution < -0.4 is 5.32 Å². The van der Waals surface area contributed by atoms with E-state index in [2.05, 4.69) is 22.0 Å². The molecule has 3 rings (SSSR count). The molecule has 0 radical (unpaired) electrons. The normalized spacial score (nSPS) is 17.8. The number of halogens is 2. The van der Waals surface area contributed by atoms with Crippen molar-refractivity contribution in [2.75, 3.05) is 13.2 Å². The first kappa shape index (κ1) is 24.1. The number of carbonyl (C=O) groups is 1. The van der Waals surface area contributed by atoms with Gasteiger partial charge in [0.2, 0.25) is 5.92 Å². The van der Waals surface area contributed by atoms with E-state index in [9.17, 15) is 13.6 Å². The Kier molecular flexibility index (Phi) is 7.17. The number of aromatic nitrogens is 3. The predicted molar refractivity (Wildman–Crippen MR) is 118 cm³/mol. The van der Waals surface area contributed by atoms with Gasteiger partial charge in [0.05, 0.1) is 30.7 Å². The Morgan fingerprint density at radius 2 is 2.06 bits per heavy atom. The van der Waals surface area contributed by atoms with Gasteiger partial charge in [-0.05, 0) is 58.1 Å². The summed E-state index contributed by atoms with van der Waals surface area (Å²) in [4.78, 5) is 17.2. The molecule has 0 saturated heterocycles. The Bertz CT molecular complexity index is 958. The third-order valence-corrected chi connectivity index (χ3v) is 5.45. The van der Waals surface area contributed by atoms with Gasteiger partial charge in [0.25, 0.3) is 0 Å². The predicted octanol–water partition coefficient (Wildman–Crippen LogP) is 5.17. The molecule has 2 heterocycles. The zero-order chi connectivity index (χ0) is 23.5. The fourth-order valence-electron chi connectivity index (χ4n) is 3.81. The van der Waals surface area contributed by atoms with Crippen molar-refractivity contribution in [3.8, 4) is 0 Å². The summed E-state index contributed by atoms with van der Waals surface area (Å²) in [5.74, 6) is -2.84. The van der Waals surface area contributed by atoms with Crippen LogP contribution in [0.2, 0.25) is 0 Å². The topological polar surface area (TPSA) is 77.8 Å². The van der Waals surface area contributed by atoms with Gasteiger partial charge in [-0.15, -0.1) is 0 Å². The van der Waals surface area contributed by atoms with Crippen molar-refractivity contribution >= 4 is 17.3 Å². The summed E-state index contributed by atoms with van der Waals surface area (Å²) in [6.07, 6.45) is 2.94. The maximum Gasteiger partial charge on any atom is 0.408 e. The molecule has 1 atom stereocenters. The summed E-state index contributed by atoms with van der Waals surface area (Å²) in [5, 5.41) is 7.26. The summed E-state index contributed by atoms with van der Waals surface area (Å²) in [6, 6.07) is 1.29. The van der Waals surface area contributed by atoms with Crippen LogP contribution in [0.5, 0.6) is 0 Å². The largest absolute Gasteiger partial charge is 0.444 e. The summed E-state index contributed by atoms with van der Waals surface area (Å²) in [5.41, 5.74) is 2.05. The van der Waals surface area contributed by atoms with Crippen LogP contribution in [0.25, 0.3) is 11.2 Å². The summed E-state index contributed by atoms with van der Waals surface area (Å²) in [7, 11) is 0. The van der Waals surface area contributed by atoms with E-state index in [1.807, 2.05) is 13.0 Å². The van der Waals surface area contributed by atoms with E-state index in [0.717, 1.165) is 11.1 Å². The number of carbonyl (C=O) groups excluding carboxylic acids is 1. The van der Waals surface area contributed by atoms with Gasteiger partial charge in [-0.25, -0.2) is 23.1 Å². The average Bonchev–Trinajstić information content (AvgIpc) is 3.12. The van der Waals surface area contributed by atoms with E-state index in [1.54, 1.807) is 37.7 Å². The highest BCUT2D eigenvalue weighted by Crippen LogP contribution is 2.41. The lowest BCUT2D eigenvalue weighted by Crippen LogP contribution is -2.40. The van der Waals surface area contributed by atoms with Crippen LogP contribution in [0.4, 0.5) is 13.6 Å². The molecule has 0 unspecified atom stereocenters. The fraction of sp³-hybridized carbons (Fsp3) is 0.609. The van der Waals surface area contributed by atoms with Gasteiger partial charge in [-0.1, -0.05) is 6.58 Å². The Morgan fingerprint density at radius 1 is 1.38 bits per heavy atom. The molecular formula is C23H32F2N4O3. The van der Waals surface area contributed by atoms with Crippen molar-refractivity contribution in [3.05, 3.63) is 36.3 Å². The van der Waals surface area contributed by atoms with Gasteiger partial charge in [-0.2, -0.15) is 5.10 Å². The molecule has 1 fully saturated rings. The molecule has 0 bridgehead atoms. The third-order valence-electron chi connectivity index (χ3n) is 5.45. The molecule has 0 aromatic carbocycles. The van der Waals surface area contributed by atoms with Gasteiger partial charge < -0.3 is 14.8 Å². The number of amides is 1. The zero-order valence-corrected chi connectivity index (χ0v) is 19.2. The second-order valence-electron chi connectivity index (χ2n) is 9.27. The fourth-order valence-corrected chi connectivity index (χ4v) is 3.81. The van der Waals surface area contributed by atoms with Crippen molar-refractivity contribution in [2.24, 2.45) is 5.92 Å². The van der Waals surface area contributed by atoms with Gasteiger partial charge >= 0.3 is 6.09 Å². The quantitative estimate of drug-likeness (QED) is 0.630. The lowest BCUT2D eigenvalue weighted by molar-refractivity contribution is -0.0500. The van der Waals surface area contributed by atoms with Crippen LogP contribution in [0.1, 0.15) is 70.7 Å². The number of alkyl halides is 2. The maximum absolute atomic E-state index is 13.7. The average molecular weight is 451 g/mol. The lowest BCUT2D eigenvalue weighted by Gasteiger charge is -2.33. The van der Waals surface area contributed by atoms with E-state index in [-0.39, 0.29) is 31.6 Å². The van der Waals surface area contributed by atoms with E-state index in [1.165, 1.54) is 0 Å². The highest BCUT2D eigenvalue weighted by atomic mass is 19.3. The number of hydrogen-bond donors (Lipinski definition) is 1. The number of hydrogen-bond acceptors (Lipinski definition) is 5.